The molecule has 1 aromatic rings. The molecule has 2 heterocycles. The van der Waals surface area contributed by atoms with Crippen LogP contribution in [0.15, 0.2) is 42.0 Å². The third-order valence-corrected chi connectivity index (χ3v) is 4.33. The minimum atomic E-state index is -0.361. The van der Waals surface area contributed by atoms with Gasteiger partial charge in [-0.1, -0.05) is 30.3 Å². The number of benzene rings is 1. The monoisotopic (exact) mass is 242 g/mol. The fourth-order valence-electron chi connectivity index (χ4n) is 3.60. The van der Waals surface area contributed by atoms with Gasteiger partial charge in [-0.25, -0.2) is 4.79 Å². The van der Waals surface area contributed by atoms with Crippen molar-refractivity contribution in [3.63, 3.8) is 0 Å². The predicted octanol–water partition coefficient (Wildman–Crippen LogP) is 2.18. The van der Waals surface area contributed by atoms with Gasteiger partial charge in [-0.3, -0.25) is 0 Å². The zero-order valence-corrected chi connectivity index (χ0v) is 9.96. The minimum absolute atomic E-state index is 0.153. The zero-order valence-electron chi connectivity index (χ0n) is 9.96. The number of esters is 1. The van der Waals surface area contributed by atoms with Crippen molar-refractivity contribution in [2.75, 3.05) is 6.61 Å². The van der Waals surface area contributed by atoms with E-state index in [9.17, 15) is 4.79 Å². The van der Waals surface area contributed by atoms with Crippen LogP contribution in [-0.4, -0.2) is 24.3 Å². The van der Waals surface area contributed by atoms with E-state index in [1.165, 1.54) is 5.56 Å². The summed E-state index contributed by atoms with van der Waals surface area (Å²) in [5, 5.41) is 0. The van der Waals surface area contributed by atoms with Crippen LogP contribution in [0.3, 0.4) is 0 Å². The summed E-state index contributed by atoms with van der Waals surface area (Å²) in [5.41, 5.74) is 1.98. The maximum Gasteiger partial charge on any atom is 0.331 e. The number of carbonyl (C=O) groups is 1. The summed E-state index contributed by atoms with van der Waals surface area (Å²) in [6.45, 7) is 0.679. The molecule has 3 unspecified atom stereocenters. The molecule has 2 aliphatic heterocycles. The van der Waals surface area contributed by atoms with Crippen LogP contribution in [-0.2, 0) is 14.3 Å². The Morgan fingerprint density at radius 2 is 2.06 bits per heavy atom. The summed E-state index contributed by atoms with van der Waals surface area (Å²) in [6.07, 6.45) is 3.45. The van der Waals surface area contributed by atoms with Gasteiger partial charge in [-0.05, 0) is 11.1 Å². The molecule has 3 nitrogen and oxygen atoms in total. The van der Waals surface area contributed by atoms with Gasteiger partial charge in [0.25, 0.3) is 0 Å². The second kappa shape index (κ2) is 3.45. The molecular weight excluding hydrogens is 228 g/mol. The van der Waals surface area contributed by atoms with E-state index in [-0.39, 0.29) is 23.6 Å². The van der Waals surface area contributed by atoms with E-state index in [0.29, 0.717) is 6.61 Å². The van der Waals surface area contributed by atoms with Gasteiger partial charge in [0.15, 0.2) is 0 Å². The first-order valence-electron chi connectivity index (χ1n) is 6.40. The molecule has 1 saturated heterocycles. The van der Waals surface area contributed by atoms with E-state index in [1.807, 2.05) is 18.2 Å². The molecule has 0 aromatic heterocycles. The molecule has 1 saturated carbocycles. The highest BCUT2D eigenvalue weighted by molar-refractivity contribution is 5.88. The molecule has 0 N–H and O–H groups in total. The number of hydrogen-bond acceptors (Lipinski definition) is 3. The summed E-state index contributed by atoms with van der Waals surface area (Å²) >= 11 is 0. The van der Waals surface area contributed by atoms with Crippen LogP contribution in [0.4, 0.5) is 0 Å². The van der Waals surface area contributed by atoms with Crippen molar-refractivity contribution in [3.8, 4) is 0 Å². The average Bonchev–Trinajstić information content (AvgIpc) is 2.77. The van der Waals surface area contributed by atoms with Crippen molar-refractivity contribution >= 4 is 5.97 Å². The number of ether oxygens (including phenoxy) is 2. The molecule has 0 radical (unpaired) electrons. The van der Waals surface area contributed by atoms with Gasteiger partial charge in [0.05, 0.1) is 12.7 Å². The van der Waals surface area contributed by atoms with Crippen LogP contribution >= 0.6 is 0 Å². The van der Waals surface area contributed by atoms with Gasteiger partial charge < -0.3 is 9.47 Å². The first kappa shape index (κ1) is 10.3. The van der Waals surface area contributed by atoms with Crippen molar-refractivity contribution in [1.82, 2.24) is 0 Å². The number of hydrogen-bond donors (Lipinski definition) is 0. The highest BCUT2D eigenvalue weighted by Gasteiger charge is 2.58. The van der Waals surface area contributed by atoms with Crippen LogP contribution in [0.5, 0.6) is 0 Å². The van der Waals surface area contributed by atoms with Crippen molar-refractivity contribution in [3.05, 3.63) is 47.5 Å². The zero-order chi connectivity index (χ0) is 12.2. The smallest absolute Gasteiger partial charge is 0.331 e. The number of rotatable bonds is 1. The van der Waals surface area contributed by atoms with Crippen LogP contribution in [0, 0.1) is 0 Å². The predicted molar refractivity (Wildman–Crippen MR) is 65.1 cm³/mol. The second-order valence-corrected chi connectivity index (χ2v) is 5.27. The van der Waals surface area contributed by atoms with E-state index in [4.69, 9.17) is 9.47 Å². The van der Waals surface area contributed by atoms with Gasteiger partial charge in [-0.15, -0.1) is 0 Å². The Morgan fingerprint density at radius 1 is 1.22 bits per heavy atom. The Morgan fingerprint density at radius 3 is 2.89 bits per heavy atom. The lowest BCUT2D eigenvalue weighted by atomic mass is 9.88. The molecule has 3 heteroatoms. The van der Waals surface area contributed by atoms with E-state index in [0.717, 1.165) is 18.4 Å². The van der Waals surface area contributed by atoms with E-state index in [1.54, 1.807) is 6.08 Å². The van der Waals surface area contributed by atoms with E-state index < -0.39 is 0 Å². The first-order valence-corrected chi connectivity index (χ1v) is 6.40. The first-order chi connectivity index (χ1) is 8.78. The molecule has 92 valence electrons. The van der Waals surface area contributed by atoms with Crippen molar-refractivity contribution in [2.24, 2.45) is 0 Å². The Kier molecular flexibility index (Phi) is 1.98. The summed E-state index contributed by atoms with van der Waals surface area (Å²) in [4.78, 5) is 11.6. The van der Waals surface area contributed by atoms with Crippen LogP contribution in [0.25, 0.3) is 0 Å². The van der Waals surface area contributed by atoms with Crippen LogP contribution < -0.4 is 0 Å². The van der Waals surface area contributed by atoms with Crippen LogP contribution in [0.2, 0.25) is 0 Å². The maximum absolute atomic E-state index is 11.6. The Bertz CT molecular complexity index is 534. The topological polar surface area (TPSA) is 35.5 Å². The molecule has 4 rings (SSSR count). The minimum Gasteiger partial charge on any atom is -0.451 e. The van der Waals surface area contributed by atoms with Gasteiger partial charge in [-0.2, -0.15) is 0 Å². The molecule has 18 heavy (non-hydrogen) atoms. The summed E-state index contributed by atoms with van der Waals surface area (Å²) in [6, 6.07) is 10.3. The van der Waals surface area contributed by atoms with E-state index >= 15 is 0 Å². The molecule has 3 aliphatic rings. The number of fused-ring (bicyclic) bond motifs is 1. The van der Waals surface area contributed by atoms with Gasteiger partial charge in [0, 0.05) is 24.8 Å². The highest BCUT2D eigenvalue weighted by Crippen LogP contribution is 2.55. The fourth-order valence-corrected chi connectivity index (χ4v) is 3.60. The normalized spacial score (nSPS) is 37.1. The van der Waals surface area contributed by atoms with E-state index in [2.05, 4.69) is 12.1 Å². The highest BCUT2D eigenvalue weighted by atomic mass is 16.6. The molecule has 1 spiro atoms. The van der Waals surface area contributed by atoms with Gasteiger partial charge in [0.1, 0.15) is 5.60 Å². The van der Waals surface area contributed by atoms with Gasteiger partial charge >= 0.3 is 5.97 Å². The summed E-state index contributed by atoms with van der Waals surface area (Å²) in [7, 11) is 0. The van der Waals surface area contributed by atoms with Crippen molar-refractivity contribution in [1.29, 1.82) is 0 Å². The Balaban J connectivity index is 1.84. The standard InChI is InChI=1S/C15H14O3/c16-13-8-11-14(10-4-2-1-3-5-10)12-9-15(11,18-13)6-7-17-12/h1-5,8,12,14H,6-7,9H2. The molecule has 2 bridgehead atoms. The van der Waals surface area contributed by atoms with Crippen molar-refractivity contribution < 1.29 is 14.3 Å². The fraction of sp³-hybridized carbons (Fsp3) is 0.400. The summed E-state index contributed by atoms with van der Waals surface area (Å²) < 4.78 is 11.5. The lowest BCUT2D eigenvalue weighted by molar-refractivity contribution is -0.152. The maximum atomic E-state index is 11.6. The van der Waals surface area contributed by atoms with Crippen molar-refractivity contribution in [2.45, 2.75) is 30.5 Å². The molecule has 1 aromatic carbocycles. The average molecular weight is 242 g/mol. The third kappa shape index (κ3) is 1.25. The Labute approximate surface area is 105 Å². The lowest BCUT2D eigenvalue weighted by Gasteiger charge is -2.29. The summed E-state index contributed by atoms with van der Waals surface area (Å²) in [5.74, 6) is -0.00793. The Hall–Kier alpha value is -1.61. The molecule has 0 amide bonds. The molecule has 3 atom stereocenters. The molecular formula is C15H14O3. The lowest BCUT2D eigenvalue weighted by Crippen LogP contribution is -2.35. The SMILES string of the molecule is O=C1C=C2C(c3ccccc3)C3CC2(CCO3)O1. The second-order valence-electron chi connectivity index (χ2n) is 5.27. The molecule has 1 aliphatic carbocycles. The number of carbonyl (C=O) groups excluding carboxylic acids is 1. The third-order valence-electron chi connectivity index (χ3n) is 4.33. The molecule has 2 fully saturated rings. The quantitative estimate of drug-likeness (QED) is 0.708. The largest absolute Gasteiger partial charge is 0.451 e. The van der Waals surface area contributed by atoms with Gasteiger partial charge in [0.2, 0.25) is 0 Å². The van der Waals surface area contributed by atoms with Crippen LogP contribution in [0.1, 0.15) is 24.3 Å².